The lowest BCUT2D eigenvalue weighted by atomic mass is 9.67. The maximum absolute atomic E-state index is 10.0. The summed E-state index contributed by atoms with van der Waals surface area (Å²) in [5, 5.41) is 2.48. The van der Waals surface area contributed by atoms with Crippen LogP contribution in [0.25, 0.3) is 110 Å². The molecule has 0 saturated heterocycles. The van der Waals surface area contributed by atoms with Gasteiger partial charge in [0.2, 0.25) is 0 Å². The highest BCUT2D eigenvalue weighted by molar-refractivity contribution is 7.26. The minimum atomic E-state index is -0.701. The summed E-state index contributed by atoms with van der Waals surface area (Å²) in [4.78, 5) is 15.5. The maximum atomic E-state index is 10.0. The van der Waals surface area contributed by atoms with Crippen molar-refractivity contribution >= 4 is 53.4 Å². The Labute approximate surface area is 410 Å². The molecule has 4 nitrogen and oxygen atoms in total. The summed E-state index contributed by atoms with van der Waals surface area (Å²) in [7, 11) is 0. The van der Waals surface area contributed by atoms with Crippen LogP contribution in [0.5, 0.6) is 0 Å². The van der Waals surface area contributed by atoms with E-state index in [9.17, 15) is 6.85 Å². The minimum absolute atomic E-state index is 0.0358. The van der Waals surface area contributed by atoms with Crippen LogP contribution >= 0.6 is 11.3 Å². The quantitative estimate of drug-likeness (QED) is 0.160. The molecule has 3 heterocycles. The summed E-state index contributed by atoms with van der Waals surface area (Å²) < 4.78 is 64.1. The molecule has 13 aromatic rings. The lowest BCUT2D eigenvalue weighted by molar-refractivity contribution is 0.669. The largest absolute Gasteiger partial charge is 0.456 e. The molecule has 1 aliphatic carbocycles. The van der Waals surface area contributed by atoms with Crippen LogP contribution in [-0.2, 0) is 5.41 Å². The highest BCUT2D eigenvalue weighted by atomic mass is 32.1. The fourth-order valence-corrected chi connectivity index (χ4v) is 11.5. The van der Waals surface area contributed by atoms with Gasteiger partial charge >= 0.3 is 0 Å². The molecule has 5 heteroatoms. The molecule has 0 radical (unpaired) electrons. The van der Waals surface area contributed by atoms with Crippen molar-refractivity contribution in [2.45, 2.75) is 5.41 Å². The number of nitrogens with zero attached hydrogens (tertiary/aromatic N) is 3. The van der Waals surface area contributed by atoms with E-state index in [0.29, 0.717) is 59.9 Å². The molecule has 0 fully saturated rings. The molecule has 322 valence electrons. The Morgan fingerprint density at radius 1 is 0.391 bits per heavy atom. The predicted molar refractivity (Wildman–Crippen MR) is 284 cm³/mol. The van der Waals surface area contributed by atoms with E-state index in [0.717, 1.165) is 66.6 Å². The van der Waals surface area contributed by atoms with Crippen molar-refractivity contribution in [3.63, 3.8) is 0 Å². The molecule has 0 spiro atoms. The van der Waals surface area contributed by atoms with Crippen molar-refractivity contribution in [3.05, 3.63) is 259 Å². The van der Waals surface area contributed by atoms with Gasteiger partial charge in [0, 0.05) is 47.6 Å². The van der Waals surface area contributed by atoms with Crippen molar-refractivity contribution in [2.75, 3.05) is 0 Å². The highest BCUT2D eigenvalue weighted by Crippen LogP contribution is 2.56. The van der Waals surface area contributed by atoms with E-state index in [1.807, 2.05) is 115 Å². The Kier molecular flexibility index (Phi) is 7.64. The standard InChI is InChI=1S/C64H39N3OS/c1-4-16-40(17-5-1)41-18-14-19-43(36-41)61-65-62(44-31-33-50-49-24-10-12-27-54(49)64(55(50)37-44,46-20-6-2-7-21-46)47-22-8-3-9-23-47)67-63(66-61)45-32-35-53-59(39-45)69-58-29-15-26-48(60(53)58)42-30-34-52-51-25-11-13-28-56(51)68-57(52)38-42/h1-39H/i15D,26D,29D,32D,35D,39D. The van der Waals surface area contributed by atoms with E-state index in [1.54, 1.807) is 0 Å². The fraction of sp³-hybridized carbons (Fsp3) is 0.0156. The molecule has 0 unspecified atom stereocenters. The molecule has 3 aromatic heterocycles. The Morgan fingerprint density at radius 3 is 1.81 bits per heavy atom. The van der Waals surface area contributed by atoms with Gasteiger partial charge in [-0.3, -0.25) is 0 Å². The number of aromatic nitrogens is 3. The SMILES string of the molecule is [2H]c1c([2H])c(-c2ccc3c(c2)oc2ccccc23)c2c(sc3c([2H])c(-c4nc(-c5cccc(-c6ccccc6)c5)nc(-c5ccc6c(c5)C(c5ccccc5)(c5ccccc5)c5ccccc5-6)n4)c([2H])c([2H])c32)c1[2H]. The van der Waals surface area contributed by atoms with Crippen molar-refractivity contribution in [1.29, 1.82) is 0 Å². The fourth-order valence-electron chi connectivity index (χ4n) is 10.5. The number of thiophene rings is 1. The van der Waals surface area contributed by atoms with Crippen LogP contribution in [0.4, 0.5) is 0 Å². The smallest absolute Gasteiger partial charge is 0.164 e. The van der Waals surface area contributed by atoms with Crippen LogP contribution in [-0.4, -0.2) is 15.0 Å². The number of hydrogen-bond donors (Lipinski definition) is 0. The monoisotopic (exact) mass is 903 g/mol. The predicted octanol–water partition coefficient (Wildman–Crippen LogP) is 16.8. The third kappa shape index (κ3) is 6.25. The molecule has 14 rings (SSSR count). The molecule has 0 bridgehead atoms. The van der Waals surface area contributed by atoms with Crippen molar-refractivity contribution in [2.24, 2.45) is 0 Å². The van der Waals surface area contributed by atoms with Gasteiger partial charge in [-0.25, -0.2) is 15.0 Å². The van der Waals surface area contributed by atoms with Gasteiger partial charge in [-0.15, -0.1) is 11.3 Å². The van der Waals surface area contributed by atoms with E-state index in [-0.39, 0.29) is 53.0 Å². The summed E-state index contributed by atoms with van der Waals surface area (Å²) in [5.41, 5.74) is 11.5. The summed E-state index contributed by atoms with van der Waals surface area (Å²) in [6.07, 6.45) is 0. The van der Waals surface area contributed by atoms with Gasteiger partial charge in [-0.2, -0.15) is 0 Å². The number of para-hydroxylation sites is 1. The first kappa shape index (κ1) is 33.7. The van der Waals surface area contributed by atoms with Gasteiger partial charge in [-0.05, 0) is 98.1 Å². The number of furan rings is 1. The molecular weight excluding hydrogens is 859 g/mol. The summed E-state index contributed by atoms with van der Waals surface area (Å²) in [5.74, 6) is 0.698. The van der Waals surface area contributed by atoms with Crippen LogP contribution in [0, 0.1) is 0 Å². The van der Waals surface area contributed by atoms with E-state index < -0.39 is 5.41 Å². The molecule has 0 saturated carbocycles. The van der Waals surface area contributed by atoms with Crippen LogP contribution in [0.15, 0.2) is 241 Å². The Bertz CT molecular complexity index is 4460. The number of rotatable bonds is 7. The van der Waals surface area contributed by atoms with E-state index in [1.165, 1.54) is 0 Å². The van der Waals surface area contributed by atoms with E-state index in [4.69, 9.17) is 20.7 Å². The second-order valence-corrected chi connectivity index (χ2v) is 18.4. The van der Waals surface area contributed by atoms with Gasteiger partial charge in [0.25, 0.3) is 0 Å². The highest BCUT2D eigenvalue weighted by Gasteiger charge is 2.46. The zero-order chi connectivity index (χ0) is 50.7. The average Bonchev–Trinajstić information content (AvgIpc) is 4.28. The van der Waals surface area contributed by atoms with Gasteiger partial charge in [0.1, 0.15) is 11.2 Å². The molecule has 1 aliphatic rings. The molecule has 0 amide bonds. The van der Waals surface area contributed by atoms with Crippen LogP contribution in [0.2, 0.25) is 0 Å². The summed E-state index contributed by atoms with van der Waals surface area (Å²) in [6, 6.07) is 66.2. The number of hydrogen-bond acceptors (Lipinski definition) is 5. The second-order valence-electron chi connectivity index (χ2n) is 17.4. The van der Waals surface area contributed by atoms with Gasteiger partial charge in [0.15, 0.2) is 17.5 Å². The van der Waals surface area contributed by atoms with Crippen LogP contribution in [0.1, 0.15) is 30.5 Å². The minimum Gasteiger partial charge on any atom is -0.456 e. The van der Waals surface area contributed by atoms with Gasteiger partial charge < -0.3 is 4.42 Å². The van der Waals surface area contributed by atoms with Crippen LogP contribution in [0.3, 0.4) is 0 Å². The molecule has 10 aromatic carbocycles. The van der Waals surface area contributed by atoms with Crippen molar-refractivity contribution in [1.82, 2.24) is 15.0 Å². The lowest BCUT2D eigenvalue weighted by Crippen LogP contribution is -2.28. The first-order valence-electron chi connectivity index (χ1n) is 25.8. The Balaban J connectivity index is 1.01. The third-order valence-corrected chi connectivity index (χ3v) is 14.6. The summed E-state index contributed by atoms with van der Waals surface area (Å²) in [6.45, 7) is 0. The summed E-state index contributed by atoms with van der Waals surface area (Å²) >= 11 is 1.11. The Morgan fingerprint density at radius 2 is 1.01 bits per heavy atom. The Hall–Kier alpha value is -8.77. The maximum Gasteiger partial charge on any atom is 0.164 e. The molecule has 0 aliphatic heterocycles. The lowest BCUT2D eigenvalue weighted by Gasteiger charge is -2.34. The number of benzene rings is 10. The van der Waals surface area contributed by atoms with Crippen molar-refractivity contribution < 1.29 is 12.6 Å². The number of fused-ring (bicyclic) bond motifs is 9. The van der Waals surface area contributed by atoms with Crippen molar-refractivity contribution in [3.8, 4) is 67.5 Å². The molecular formula is C64H39N3OS. The zero-order valence-corrected chi connectivity index (χ0v) is 37.5. The topological polar surface area (TPSA) is 51.8 Å². The molecule has 0 N–H and O–H groups in total. The normalized spacial score (nSPS) is 14.0. The van der Waals surface area contributed by atoms with Gasteiger partial charge in [0.05, 0.1) is 13.6 Å². The molecule has 69 heavy (non-hydrogen) atoms. The second kappa shape index (κ2) is 15.7. The first-order chi connectivity index (χ1) is 36.7. The van der Waals surface area contributed by atoms with E-state index in [2.05, 4.69) is 84.9 Å². The average molecular weight is 904 g/mol. The van der Waals surface area contributed by atoms with E-state index >= 15 is 0 Å². The van der Waals surface area contributed by atoms with Gasteiger partial charge in [-0.1, -0.05) is 194 Å². The third-order valence-electron chi connectivity index (χ3n) is 13.5. The first-order valence-corrected chi connectivity index (χ1v) is 23.7. The van der Waals surface area contributed by atoms with Crippen LogP contribution < -0.4 is 0 Å². The zero-order valence-electron chi connectivity index (χ0n) is 42.7. The molecule has 0 atom stereocenters.